The van der Waals surface area contributed by atoms with Crippen molar-refractivity contribution in [3.05, 3.63) is 34.0 Å². The highest BCUT2D eigenvalue weighted by Gasteiger charge is 2.36. The van der Waals surface area contributed by atoms with Crippen molar-refractivity contribution in [2.24, 2.45) is 12.0 Å². The number of aryl methyl sites for hydroxylation is 1. The van der Waals surface area contributed by atoms with Crippen molar-refractivity contribution in [3.63, 3.8) is 0 Å². The van der Waals surface area contributed by atoms with E-state index in [1.54, 1.807) is 11.3 Å². The number of aromatic nitrogens is 3. The molecular formula is C18H25N7OS. The summed E-state index contributed by atoms with van der Waals surface area (Å²) in [5.41, 5.74) is 0. The highest BCUT2D eigenvalue weighted by atomic mass is 32.1. The maximum Gasteiger partial charge on any atom is 0.242 e. The molecule has 1 saturated heterocycles. The molecule has 1 amide bonds. The largest absolute Gasteiger partial charge is 0.351 e. The molecule has 0 aromatic carbocycles. The Labute approximate surface area is 162 Å². The first-order chi connectivity index (χ1) is 13.1. The molecule has 0 spiro atoms. The Morgan fingerprint density at radius 3 is 2.85 bits per heavy atom. The number of hydrogen-bond donors (Lipinski definition) is 1. The molecule has 9 heteroatoms. The van der Waals surface area contributed by atoms with Crippen LogP contribution in [0.5, 0.6) is 0 Å². The second kappa shape index (κ2) is 7.67. The van der Waals surface area contributed by atoms with Gasteiger partial charge in [0.1, 0.15) is 12.4 Å². The van der Waals surface area contributed by atoms with Crippen LogP contribution in [0.4, 0.5) is 0 Å². The van der Waals surface area contributed by atoms with Crippen LogP contribution in [-0.2, 0) is 24.9 Å². The van der Waals surface area contributed by atoms with Crippen LogP contribution in [0.15, 0.2) is 22.5 Å². The molecule has 1 aliphatic heterocycles. The van der Waals surface area contributed by atoms with Gasteiger partial charge in [-0.1, -0.05) is 6.07 Å². The van der Waals surface area contributed by atoms with Crippen LogP contribution >= 0.6 is 11.3 Å². The van der Waals surface area contributed by atoms with Gasteiger partial charge in [-0.25, -0.2) is 4.99 Å². The maximum absolute atomic E-state index is 12.5. The third-order valence-corrected chi connectivity index (χ3v) is 5.97. The summed E-state index contributed by atoms with van der Waals surface area (Å²) in [5, 5.41) is 13.8. The Kier molecular flexibility index (Phi) is 5.11. The van der Waals surface area contributed by atoms with Crippen LogP contribution in [0.3, 0.4) is 0 Å². The first-order valence-corrected chi connectivity index (χ1v) is 10.2. The van der Waals surface area contributed by atoms with Crippen molar-refractivity contribution in [1.82, 2.24) is 29.9 Å². The average molecular weight is 388 g/mol. The number of carbonyl (C=O) groups excluding carboxylic acids is 1. The molecule has 0 bridgehead atoms. The lowest BCUT2D eigenvalue weighted by molar-refractivity contribution is -0.135. The van der Waals surface area contributed by atoms with Crippen molar-refractivity contribution in [1.29, 1.82) is 0 Å². The number of hydrogen-bond acceptors (Lipinski definition) is 5. The molecule has 2 aliphatic rings. The van der Waals surface area contributed by atoms with E-state index >= 15 is 0 Å². The lowest BCUT2D eigenvalue weighted by Crippen LogP contribution is -2.55. The topological polar surface area (TPSA) is 78.7 Å². The molecule has 0 atom stereocenters. The smallest absolute Gasteiger partial charge is 0.242 e. The number of nitrogens with zero attached hydrogens (tertiary/aromatic N) is 6. The van der Waals surface area contributed by atoms with E-state index in [9.17, 15) is 4.79 Å². The van der Waals surface area contributed by atoms with Crippen molar-refractivity contribution in [2.45, 2.75) is 38.9 Å². The SMILES string of the molecule is Cc1nnc(CN=C(NCc2cccs2)N2CCN(C3CC3)C(=O)C2)n1C. The van der Waals surface area contributed by atoms with Gasteiger partial charge in [0.25, 0.3) is 0 Å². The zero-order valence-electron chi connectivity index (χ0n) is 15.8. The number of nitrogens with one attached hydrogen (secondary N) is 1. The van der Waals surface area contributed by atoms with E-state index in [0.717, 1.165) is 43.5 Å². The minimum absolute atomic E-state index is 0.198. The molecular weight excluding hydrogens is 362 g/mol. The zero-order chi connectivity index (χ0) is 18.8. The highest BCUT2D eigenvalue weighted by molar-refractivity contribution is 7.09. The number of rotatable bonds is 5. The standard InChI is InChI=1S/C18H25N7OS/c1-13-21-22-16(23(13)2)11-20-18(19-10-15-4-3-9-27-15)24-7-8-25(14-5-6-14)17(26)12-24/h3-4,9,14H,5-8,10-12H2,1-2H3,(H,19,20). The maximum atomic E-state index is 12.5. The van der Waals surface area contributed by atoms with Crippen molar-refractivity contribution in [2.75, 3.05) is 19.6 Å². The molecule has 8 nitrogen and oxygen atoms in total. The number of piperazine rings is 1. The lowest BCUT2D eigenvalue weighted by Gasteiger charge is -2.36. The predicted octanol–water partition coefficient (Wildman–Crippen LogP) is 1.14. The summed E-state index contributed by atoms with van der Waals surface area (Å²) in [6, 6.07) is 4.61. The van der Waals surface area contributed by atoms with E-state index < -0.39 is 0 Å². The van der Waals surface area contributed by atoms with Gasteiger partial charge in [0.2, 0.25) is 5.91 Å². The van der Waals surface area contributed by atoms with Gasteiger partial charge in [0, 0.05) is 31.1 Å². The van der Waals surface area contributed by atoms with E-state index in [-0.39, 0.29) is 5.91 Å². The molecule has 1 aliphatic carbocycles. The molecule has 144 valence electrons. The first kappa shape index (κ1) is 18.0. The predicted molar refractivity (Wildman–Crippen MR) is 104 cm³/mol. The molecule has 1 N–H and O–H groups in total. The van der Waals surface area contributed by atoms with Gasteiger partial charge in [0.05, 0.1) is 13.1 Å². The average Bonchev–Trinajstić information content (AvgIpc) is 3.28. The fourth-order valence-electron chi connectivity index (χ4n) is 3.22. The Hall–Kier alpha value is -2.42. The number of aliphatic imine (C=N–C) groups is 1. The van der Waals surface area contributed by atoms with E-state index in [2.05, 4.69) is 31.9 Å². The number of carbonyl (C=O) groups is 1. The number of amides is 1. The summed E-state index contributed by atoms with van der Waals surface area (Å²) in [7, 11) is 1.94. The lowest BCUT2D eigenvalue weighted by atomic mass is 10.3. The van der Waals surface area contributed by atoms with Gasteiger partial charge in [-0.3, -0.25) is 4.79 Å². The summed E-state index contributed by atoms with van der Waals surface area (Å²) < 4.78 is 1.94. The van der Waals surface area contributed by atoms with Gasteiger partial charge in [-0.2, -0.15) is 0 Å². The van der Waals surface area contributed by atoms with Crippen LogP contribution < -0.4 is 5.32 Å². The molecule has 27 heavy (non-hydrogen) atoms. The normalized spacial score (nSPS) is 18.3. The van der Waals surface area contributed by atoms with E-state index in [1.165, 1.54) is 4.88 Å². The minimum Gasteiger partial charge on any atom is -0.351 e. The molecule has 1 saturated carbocycles. The van der Waals surface area contributed by atoms with Gasteiger partial charge in [-0.05, 0) is 31.2 Å². The Morgan fingerprint density at radius 1 is 1.37 bits per heavy atom. The molecule has 3 heterocycles. The second-order valence-electron chi connectivity index (χ2n) is 7.04. The van der Waals surface area contributed by atoms with Crippen LogP contribution in [0, 0.1) is 6.92 Å². The molecule has 2 aromatic heterocycles. The molecule has 2 aromatic rings. The van der Waals surface area contributed by atoms with Crippen molar-refractivity contribution in [3.8, 4) is 0 Å². The van der Waals surface area contributed by atoms with Crippen molar-refractivity contribution >= 4 is 23.2 Å². The summed E-state index contributed by atoms with van der Waals surface area (Å²) >= 11 is 1.71. The summed E-state index contributed by atoms with van der Waals surface area (Å²) in [6.07, 6.45) is 2.30. The Bertz CT molecular complexity index is 825. The number of thiophene rings is 1. The quantitative estimate of drug-likeness (QED) is 0.615. The third kappa shape index (κ3) is 4.13. The summed E-state index contributed by atoms with van der Waals surface area (Å²) in [5.74, 6) is 2.63. The monoisotopic (exact) mass is 387 g/mol. The molecule has 0 radical (unpaired) electrons. The Balaban J connectivity index is 1.47. The highest BCUT2D eigenvalue weighted by Crippen LogP contribution is 2.28. The van der Waals surface area contributed by atoms with E-state index in [0.29, 0.717) is 25.7 Å². The van der Waals surface area contributed by atoms with Gasteiger partial charge < -0.3 is 19.7 Å². The second-order valence-corrected chi connectivity index (χ2v) is 8.07. The van der Waals surface area contributed by atoms with Crippen LogP contribution in [-0.4, -0.2) is 62.1 Å². The van der Waals surface area contributed by atoms with Crippen molar-refractivity contribution < 1.29 is 4.79 Å². The zero-order valence-corrected chi connectivity index (χ0v) is 16.6. The Morgan fingerprint density at radius 2 is 2.22 bits per heavy atom. The van der Waals surface area contributed by atoms with E-state index in [1.807, 2.05) is 29.5 Å². The first-order valence-electron chi connectivity index (χ1n) is 9.32. The molecule has 2 fully saturated rings. The number of guanidine groups is 1. The van der Waals surface area contributed by atoms with Gasteiger partial charge in [0.15, 0.2) is 11.8 Å². The fourth-order valence-corrected chi connectivity index (χ4v) is 3.87. The fraction of sp³-hybridized carbons (Fsp3) is 0.556. The molecule has 4 rings (SSSR count). The van der Waals surface area contributed by atoms with Gasteiger partial charge >= 0.3 is 0 Å². The van der Waals surface area contributed by atoms with Crippen LogP contribution in [0.1, 0.15) is 29.4 Å². The van der Waals surface area contributed by atoms with Gasteiger partial charge in [-0.15, -0.1) is 21.5 Å². The van der Waals surface area contributed by atoms with Crippen LogP contribution in [0.25, 0.3) is 0 Å². The molecule has 0 unspecified atom stereocenters. The third-order valence-electron chi connectivity index (χ3n) is 5.10. The minimum atomic E-state index is 0.198. The summed E-state index contributed by atoms with van der Waals surface area (Å²) in [4.78, 5) is 22.6. The van der Waals surface area contributed by atoms with Crippen LogP contribution in [0.2, 0.25) is 0 Å². The van der Waals surface area contributed by atoms with E-state index in [4.69, 9.17) is 4.99 Å². The summed E-state index contributed by atoms with van der Waals surface area (Å²) in [6.45, 7) is 5.01.